The third kappa shape index (κ3) is 3.07. The molecule has 0 saturated heterocycles. The smallest absolute Gasteiger partial charge is 0.348 e. The molecule has 1 atom stereocenters. The maximum atomic E-state index is 12.0. The number of hydrogen-bond donors (Lipinski definition) is 0. The van der Waals surface area contributed by atoms with Crippen LogP contribution in [0.3, 0.4) is 0 Å². The predicted molar refractivity (Wildman–Crippen MR) is 74.2 cm³/mol. The molecule has 0 amide bonds. The average Bonchev–Trinajstić information content (AvgIpc) is 2.57. The van der Waals surface area contributed by atoms with E-state index in [2.05, 4.69) is 31.9 Å². The first kappa shape index (κ1) is 14.7. The molecule has 1 aromatic carbocycles. The van der Waals surface area contributed by atoms with Gasteiger partial charge in [0.2, 0.25) is 0 Å². The van der Waals surface area contributed by atoms with Gasteiger partial charge >= 0.3 is 16.1 Å². The van der Waals surface area contributed by atoms with E-state index >= 15 is 0 Å². The van der Waals surface area contributed by atoms with Crippen LogP contribution in [0.5, 0.6) is 0 Å². The van der Waals surface area contributed by atoms with Gasteiger partial charge in [-0.2, -0.15) is 8.42 Å². The Bertz CT molecular complexity index is 648. The molecule has 19 heavy (non-hydrogen) atoms. The van der Waals surface area contributed by atoms with Crippen LogP contribution in [0.15, 0.2) is 38.1 Å². The van der Waals surface area contributed by atoms with E-state index in [0.717, 1.165) is 5.56 Å². The molecule has 0 spiro atoms. The van der Waals surface area contributed by atoms with Crippen LogP contribution in [0.4, 0.5) is 0 Å². The lowest BCUT2D eigenvalue weighted by atomic mass is 10.2. The van der Waals surface area contributed by atoms with Gasteiger partial charge < -0.3 is 4.74 Å². The number of benzene rings is 1. The molecule has 5 nitrogen and oxygen atoms in total. The summed E-state index contributed by atoms with van der Waals surface area (Å²) in [5.41, 5.74) is 0.926. The van der Waals surface area contributed by atoms with E-state index in [0.29, 0.717) is 0 Å². The maximum absolute atomic E-state index is 12.0. The molecular weight excluding hydrogens is 404 g/mol. The van der Waals surface area contributed by atoms with Crippen molar-refractivity contribution in [3.63, 3.8) is 0 Å². The molecule has 1 aliphatic rings. The Morgan fingerprint density at radius 1 is 1.21 bits per heavy atom. The van der Waals surface area contributed by atoms with Gasteiger partial charge in [-0.15, -0.1) is 0 Å². The second-order valence-corrected chi connectivity index (χ2v) is 6.98. The summed E-state index contributed by atoms with van der Waals surface area (Å²) in [6.45, 7) is 1.84. The first-order valence-electron chi connectivity index (χ1n) is 5.07. The largest absolute Gasteiger partial charge is 0.425 e. The Morgan fingerprint density at radius 2 is 1.79 bits per heavy atom. The lowest BCUT2D eigenvalue weighted by Gasteiger charge is -2.11. The number of halogens is 2. The lowest BCUT2D eigenvalue weighted by Crippen LogP contribution is -2.19. The van der Waals surface area contributed by atoms with E-state index in [4.69, 9.17) is 8.92 Å². The number of cyclic esters (lactones) is 1. The van der Waals surface area contributed by atoms with Gasteiger partial charge in [0.05, 0.1) is 9.38 Å². The SMILES string of the molecule is Cc1ccc(S(=O)(=O)OC2OC(=O)C(Br)=C2Br)cc1. The molecule has 2 rings (SSSR count). The van der Waals surface area contributed by atoms with Gasteiger partial charge in [0.15, 0.2) is 0 Å². The summed E-state index contributed by atoms with van der Waals surface area (Å²) in [7, 11) is -4.00. The van der Waals surface area contributed by atoms with Crippen LogP contribution in [0.1, 0.15) is 5.56 Å². The van der Waals surface area contributed by atoms with Gasteiger partial charge in [0.1, 0.15) is 4.48 Å². The molecule has 0 saturated carbocycles. The first-order valence-corrected chi connectivity index (χ1v) is 8.07. The minimum absolute atomic E-state index is 0.00234. The maximum Gasteiger partial charge on any atom is 0.348 e. The van der Waals surface area contributed by atoms with Crippen molar-refractivity contribution >= 4 is 47.9 Å². The van der Waals surface area contributed by atoms with Crippen LogP contribution < -0.4 is 0 Å². The van der Waals surface area contributed by atoms with E-state index in [9.17, 15) is 13.2 Å². The second kappa shape index (κ2) is 5.35. The van der Waals surface area contributed by atoms with Crippen LogP contribution in [0, 0.1) is 6.92 Å². The molecule has 0 aromatic heterocycles. The standard InChI is InChI=1S/C11H8Br2O5S/c1-6-2-4-7(5-3-6)19(15,16)18-11-9(13)8(12)10(14)17-11/h2-5,11H,1H3. The Balaban J connectivity index is 2.24. The Labute approximate surface area is 127 Å². The molecule has 0 fully saturated rings. The quantitative estimate of drug-likeness (QED) is 0.564. The van der Waals surface area contributed by atoms with Gasteiger partial charge in [0, 0.05) is 0 Å². The summed E-state index contributed by atoms with van der Waals surface area (Å²) < 4.78 is 33.9. The zero-order valence-electron chi connectivity index (χ0n) is 9.59. The van der Waals surface area contributed by atoms with Crippen LogP contribution >= 0.6 is 31.9 Å². The minimum Gasteiger partial charge on any atom is -0.425 e. The van der Waals surface area contributed by atoms with E-state index in [1.807, 2.05) is 6.92 Å². The molecule has 0 bridgehead atoms. The molecule has 1 unspecified atom stereocenters. The van der Waals surface area contributed by atoms with Crippen LogP contribution in [0.25, 0.3) is 0 Å². The van der Waals surface area contributed by atoms with Crippen molar-refractivity contribution in [2.45, 2.75) is 18.1 Å². The van der Waals surface area contributed by atoms with Crippen LogP contribution in [-0.4, -0.2) is 20.7 Å². The monoisotopic (exact) mass is 410 g/mol. The van der Waals surface area contributed by atoms with E-state index < -0.39 is 22.4 Å². The Hall–Kier alpha value is -0.700. The zero-order chi connectivity index (χ0) is 14.2. The molecule has 0 N–H and O–H groups in total. The number of carbonyl (C=O) groups is 1. The van der Waals surface area contributed by atoms with Crippen molar-refractivity contribution in [2.75, 3.05) is 0 Å². The fourth-order valence-electron chi connectivity index (χ4n) is 1.34. The lowest BCUT2D eigenvalue weighted by molar-refractivity contribution is -0.147. The summed E-state index contributed by atoms with van der Waals surface area (Å²) in [6, 6.07) is 6.15. The minimum atomic E-state index is -4.00. The second-order valence-electron chi connectivity index (χ2n) is 3.76. The zero-order valence-corrected chi connectivity index (χ0v) is 13.6. The van der Waals surface area contributed by atoms with Gasteiger partial charge in [-0.05, 0) is 50.9 Å². The fraction of sp³-hybridized carbons (Fsp3) is 0.182. The number of carbonyl (C=O) groups excluding carboxylic acids is 1. The molecule has 1 aromatic rings. The summed E-state index contributed by atoms with van der Waals surface area (Å²) in [5, 5.41) is 0. The van der Waals surface area contributed by atoms with Gasteiger partial charge in [-0.1, -0.05) is 17.7 Å². The Kier molecular flexibility index (Phi) is 4.14. The summed E-state index contributed by atoms with van der Waals surface area (Å²) in [4.78, 5) is 11.2. The highest BCUT2D eigenvalue weighted by Gasteiger charge is 2.36. The summed E-state index contributed by atoms with van der Waals surface area (Å²) >= 11 is 6.01. The number of aryl methyl sites for hydroxylation is 1. The van der Waals surface area contributed by atoms with Crippen LogP contribution in [-0.2, 0) is 23.8 Å². The number of ether oxygens (including phenoxy) is 1. The topological polar surface area (TPSA) is 69.7 Å². The molecule has 1 heterocycles. The molecule has 0 aliphatic carbocycles. The van der Waals surface area contributed by atoms with Crippen molar-refractivity contribution in [1.29, 1.82) is 0 Å². The third-order valence-corrected chi connectivity index (χ3v) is 5.66. The molecule has 1 aliphatic heterocycles. The van der Waals surface area contributed by atoms with Gasteiger partial charge in [0.25, 0.3) is 6.29 Å². The summed E-state index contributed by atoms with van der Waals surface area (Å²) in [5.74, 6) is -0.684. The van der Waals surface area contributed by atoms with Gasteiger partial charge in [-0.25, -0.2) is 8.98 Å². The predicted octanol–water partition coefficient (Wildman–Crippen LogP) is 2.58. The van der Waals surface area contributed by atoms with E-state index in [1.54, 1.807) is 12.1 Å². The Morgan fingerprint density at radius 3 is 2.26 bits per heavy atom. The van der Waals surface area contributed by atoms with Crippen molar-refractivity contribution in [3.8, 4) is 0 Å². The number of hydrogen-bond acceptors (Lipinski definition) is 5. The highest BCUT2D eigenvalue weighted by atomic mass is 79.9. The molecule has 8 heteroatoms. The van der Waals surface area contributed by atoms with Gasteiger partial charge in [-0.3, -0.25) is 0 Å². The molecular formula is C11H8Br2O5S. The summed E-state index contributed by atoms with van der Waals surface area (Å²) in [6.07, 6.45) is -1.30. The van der Waals surface area contributed by atoms with Crippen molar-refractivity contribution in [2.24, 2.45) is 0 Å². The average molecular weight is 412 g/mol. The van der Waals surface area contributed by atoms with E-state index in [1.165, 1.54) is 12.1 Å². The molecule has 0 radical (unpaired) electrons. The number of esters is 1. The van der Waals surface area contributed by atoms with Crippen LogP contribution in [0.2, 0.25) is 0 Å². The first-order chi connectivity index (χ1) is 8.81. The third-order valence-electron chi connectivity index (χ3n) is 2.33. The number of rotatable bonds is 3. The highest BCUT2D eigenvalue weighted by molar-refractivity contribution is 9.14. The highest BCUT2D eigenvalue weighted by Crippen LogP contribution is 2.33. The fourth-order valence-corrected chi connectivity index (χ4v) is 3.04. The van der Waals surface area contributed by atoms with Crippen molar-refractivity contribution in [1.82, 2.24) is 0 Å². The van der Waals surface area contributed by atoms with Crippen molar-refractivity contribution < 1.29 is 22.1 Å². The van der Waals surface area contributed by atoms with Crippen molar-refractivity contribution in [3.05, 3.63) is 38.8 Å². The van der Waals surface area contributed by atoms with E-state index in [-0.39, 0.29) is 13.9 Å². The molecule has 102 valence electrons. The normalized spacial score (nSPS) is 19.7.